The van der Waals surface area contributed by atoms with Crippen LogP contribution in [-0.4, -0.2) is 55.1 Å². The van der Waals surface area contributed by atoms with Gasteiger partial charge in [0.2, 0.25) is 12.4 Å². The monoisotopic (exact) mass is 318 g/mol. The maximum absolute atomic E-state index is 11.3. The molecule has 4 atom stereocenters. The van der Waals surface area contributed by atoms with Crippen molar-refractivity contribution in [2.45, 2.75) is 52.3 Å². The summed E-state index contributed by atoms with van der Waals surface area (Å²) in [4.78, 5) is 44.7. The molecule has 0 saturated carbocycles. The predicted molar refractivity (Wildman–Crippen MR) is 68.2 cm³/mol. The Kier molecular flexibility index (Phi) is 6.29. The first kappa shape index (κ1) is 17.9. The lowest BCUT2D eigenvalue weighted by molar-refractivity contribution is -0.273. The Morgan fingerprint density at radius 3 is 1.64 bits per heavy atom. The largest absolute Gasteiger partial charge is 0.456 e. The molecule has 0 aromatic carbocycles. The molecule has 9 heteroatoms. The Hall–Kier alpha value is -2.16. The van der Waals surface area contributed by atoms with Crippen molar-refractivity contribution in [3.05, 3.63) is 0 Å². The van der Waals surface area contributed by atoms with Gasteiger partial charge in [0, 0.05) is 27.7 Å². The highest BCUT2D eigenvalue weighted by atomic mass is 16.7. The van der Waals surface area contributed by atoms with Crippen LogP contribution in [0.1, 0.15) is 27.7 Å². The van der Waals surface area contributed by atoms with Gasteiger partial charge in [0.25, 0.3) is 0 Å². The lowest BCUT2D eigenvalue weighted by atomic mass is 10.0. The molecule has 0 aromatic rings. The Bertz CT molecular complexity index is 416. The van der Waals surface area contributed by atoms with Crippen LogP contribution in [0.2, 0.25) is 0 Å². The van der Waals surface area contributed by atoms with Gasteiger partial charge in [-0.1, -0.05) is 0 Å². The molecule has 0 amide bonds. The third-order valence-corrected chi connectivity index (χ3v) is 2.59. The van der Waals surface area contributed by atoms with Gasteiger partial charge in [-0.25, -0.2) is 0 Å². The molecule has 0 bridgehead atoms. The minimum atomic E-state index is -1.27. The molecule has 1 heterocycles. The molecule has 1 fully saturated rings. The first-order valence-electron chi connectivity index (χ1n) is 6.51. The van der Waals surface area contributed by atoms with Crippen LogP contribution in [0.15, 0.2) is 0 Å². The fourth-order valence-electron chi connectivity index (χ4n) is 1.97. The zero-order chi connectivity index (χ0) is 16.9. The Labute approximate surface area is 126 Å². The van der Waals surface area contributed by atoms with E-state index in [0.717, 1.165) is 20.8 Å². The molecular formula is C13H18O9. The molecule has 0 radical (unpaired) electrons. The van der Waals surface area contributed by atoms with Crippen molar-refractivity contribution in [3.63, 3.8) is 0 Å². The lowest BCUT2D eigenvalue weighted by Crippen LogP contribution is -2.58. The summed E-state index contributed by atoms with van der Waals surface area (Å²) in [6.45, 7) is 4.40. The van der Waals surface area contributed by atoms with E-state index >= 15 is 0 Å². The van der Waals surface area contributed by atoms with Crippen LogP contribution in [0.25, 0.3) is 0 Å². The maximum Gasteiger partial charge on any atom is 0.305 e. The van der Waals surface area contributed by atoms with Crippen LogP contribution in [-0.2, 0) is 42.9 Å². The molecule has 0 aliphatic carbocycles. The third kappa shape index (κ3) is 5.32. The SMILES string of the molecule is CC(=O)OC1[C@@H](OC(C)=O)CO[C@@H](OC(C)=O)[C@H]1OC(C)=O. The molecule has 1 unspecified atom stereocenters. The van der Waals surface area contributed by atoms with Crippen molar-refractivity contribution in [2.75, 3.05) is 6.61 Å². The van der Waals surface area contributed by atoms with E-state index in [4.69, 9.17) is 23.7 Å². The average Bonchev–Trinajstić information content (AvgIpc) is 2.34. The van der Waals surface area contributed by atoms with Crippen molar-refractivity contribution in [3.8, 4) is 0 Å². The topological polar surface area (TPSA) is 114 Å². The van der Waals surface area contributed by atoms with Crippen LogP contribution in [0.3, 0.4) is 0 Å². The average molecular weight is 318 g/mol. The zero-order valence-electron chi connectivity index (χ0n) is 12.7. The van der Waals surface area contributed by atoms with E-state index in [-0.39, 0.29) is 6.61 Å². The van der Waals surface area contributed by atoms with Crippen molar-refractivity contribution in [2.24, 2.45) is 0 Å². The van der Waals surface area contributed by atoms with E-state index in [1.54, 1.807) is 0 Å². The summed E-state index contributed by atoms with van der Waals surface area (Å²) in [5, 5.41) is 0. The lowest BCUT2D eigenvalue weighted by Gasteiger charge is -2.39. The van der Waals surface area contributed by atoms with Crippen LogP contribution in [0.4, 0.5) is 0 Å². The summed E-state index contributed by atoms with van der Waals surface area (Å²) in [5.41, 5.74) is 0. The normalized spacial score (nSPS) is 27.5. The molecule has 1 saturated heterocycles. The summed E-state index contributed by atoms with van der Waals surface area (Å²) < 4.78 is 25.2. The van der Waals surface area contributed by atoms with E-state index in [1.165, 1.54) is 6.92 Å². The van der Waals surface area contributed by atoms with Crippen LogP contribution < -0.4 is 0 Å². The highest BCUT2D eigenvalue weighted by Gasteiger charge is 2.48. The van der Waals surface area contributed by atoms with E-state index in [0.29, 0.717) is 0 Å². The molecule has 9 nitrogen and oxygen atoms in total. The summed E-state index contributed by atoms with van der Waals surface area (Å²) in [6, 6.07) is 0. The fraction of sp³-hybridized carbons (Fsp3) is 0.692. The fourth-order valence-corrected chi connectivity index (χ4v) is 1.97. The maximum atomic E-state index is 11.3. The number of carbonyl (C=O) groups excluding carboxylic acids is 4. The quantitative estimate of drug-likeness (QED) is 0.509. The molecule has 22 heavy (non-hydrogen) atoms. The van der Waals surface area contributed by atoms with E-state index in [1.807, 2.05) is 0 Å². The molecule has 0 aromatic heterocycles. The van der Waals surface area contributed by atoms with Gasteiger partial charge in [0.15, 0.2) is 12.2 Å². The molecule has 0 N–H and O–H groups in total. The van der Waals surface area contributed by atoms with Crippen molar-refractivity contribution < 1.29 is 42.9 Å². The van der Waals surface area contributed by atoms with E-state index in [2.05, 4.69) is 0 Å². The predicted octanol–water partition coefficient (Wildman–Crippen LogP) is -0.299. The second-order valence-electron chi connectivity index (χ2n) is 4.61. The first-order chi connectivity index (χ1) is 10.2. The number of hydrogen-bond donors (Lipinski definition) is 0. The standard InChI is InChI=1S/C13H18O9/c1-6(14)19-10-5-18-13(22-9(4)17)12(21-8(3)16)11(10)20-7(2)15/h10-13H,5H2,1-4H3/t10-,11?,12-,13-/m0/s1. The second kappa shape index (κ2) is 7.74. The molecule has 1 rings (SSSR count). The minimum Gasteiger partial charge on any atom is -0.456 e. The molecule has 1 aliphatic rings. The van der Waals surface area contributed by atoms with Crippen molar-refractivity contribution in [1.29, 1.82) is 0 Å². The van der Waals surface area contributed by atoms with Gasteiger partial charge in [-0.05, 0) is 0 Å². The zero-order valence-corrected chi connectivity index (χ0v) is 12.7. The van der Waals surface area contributed by atoms with Gasteiger partial charge < -0.3 is 23.7 Å². The van der Waals surface area contributed by atoms with E-state index < -0.39 is 48.5 Å². The second-order valence-corrected chi connectivity index (χ2v) is 4.61. The molecule has 1 aliphatic heterocycles. The molecule has 0 spiro atoms. The van der Waals surface area contributed by atoms with E-state index in [9.17, 15) is 19.2 Å². The third-order valence-electron chi connectivity index (χ3n) is 2.59. The van der Waals surface area contributed by atoms with Crippen molar-refractivity contribution in [1.82, 2.24) is 0 Å². The Morgan fingerprint density at radius 1 is 0.727 bits per heavy atom. The van der Waals surface area contributed by atoms with Gasteiger partial charge in [-0.15, -0.1) is 0 Å². The highest BCUT2D eigenvalue weighted by Crippen LogP contribution is 2.25. The van der Waals surface area contributed by atoms with Gasteiger partial charge >= 0.3 is 23.9 Å². The smallest absolute Gasteiger partial charge is 0.305 e. The van der Waals surface area contributed by atoms with Gasteiger partial charge in [0.1, 0.15) is 0 Å². The Balaban J connectivity index is 3.03. The van der Waals surface area contributed by atoms with Crippen LogP contribution in [0.5, 0.6) is 0 Å². The summed E-state index contributed by atoms with van der Waals surface area (Å²) in [5.74, 6) is -2.68. The van der Waals surface area contributed by atoms with Gasteiger partial charge in [-0.2, -0.15) is 0 Å². The Morgan fingerprint density at radius 2 is 1.18 bits per heavy atom. The number of ether oxygens (including phenoxy) is 5. The van der Waals surface area contributed by atoms with Crippen molar-refractivity contribution >= 4 is 23.9 Å². The number of esters is 4. The van der Waals surface area contributed by atoms with Crippen LogP contribution >= 0.6 is 0 Å². The number of carbonyl (C=O) groups is 4. The van der Waals surface area contributed by atoms with Crippen LogP contribution in [0, 0.1) is 0 Å². The molecule has 124 valence electrons. The van der Waals surface area contributed by atoms with Gasteiger partial charge in [-0.3, -0.25) is 19.2 Å². The number of rotatable bonds is 4. The first-order valence-corrected chi connectivity index (χ1v) is 6.51. The van der Waals surface area contributed by atoms with Gasteiger partial charge in [0.05, 0.1) is 6.61 Å². The minimum absolute atomic E-state index is 0.187. The summed E-state index contributed by atoms with van der Waals surface area (Å²) in [6.07, 6.45) is -4.65. The molecular weight excluding hydrogens is 300 g/mol. The number of hydrogen-bond acceptors (Lipinski definition) is 9. The summed E-state index contributed by atoms with van der Waals surface area (Å²) >= 11 is 0. The summed E-state index contributed by atoms with van der Waals surface area (Å²) in [7, 11) is 0. The highest BCUT2D eigenvalue weighted by molar-refractivity contribution is 5.69.